The number of ether oxygens (including phenoxy) is 2. The Labute approximate surface area is 138 Å². The van der Waals surface area contributed by atoms with Crippen LogP contribution in [0, 0.1) is 0 Å². The van der Waals surface area contributed by atoms with Gasteiger partial charge in [0.05, 0.1) is 19.8 Å². The summed E-state index contributed by atoms with van der Waals surface area (Å²) in [6, 6.07) is 5.60. The number of rotatable bonds is 5. The van der Waals surface area contributed by atoms with Crippen molar-refractivity contribution in [1.29, 1.82) is 0 Å². The van der Waals surface area contributed by atoms with E-state index in [1.165, 1.54) is 0 Å². The van der Waals surface area contributed by atoms with Gasteiger partial charge in [-0.3, -0.25) is 4.79 Å². The number of benzene rings is 1. The molecule has 0 radical (unpaired) electrons. The van der Waals surface area contributed by atoms with Gasteiger partial charge in [0.25, 0.3) is 0 Å². The van der Waals surface area contributed by atoms with Gasteiger partial charge in [-0.15, -0.1) is 12.4 Å². The smallest absolute Gasteiger partial charge is 0.240 e. The van der Waals surface area contributed by atoms with Crippen LogP contribution in [0.15, 0.2) is 18.2 Å². The summed E-state index contributed by atoms with van der Waals surface area (Å²) >= 11 is 0. The highest BCUT2D eigenvalue weighted by Gasteiger charge is 2.33. The summed E-state index contributed by atoms with van der Waals surface area (Å²) in [4.78, 5) is 12.4. The van der Waals surface area contributed by atoms with Crippen molar-refractivity contribution in [2.24, 2.45) is 0 Å². The first-order chi connectivity index (χ1) is 10.1. The van der Waals surface area contributed by atoms with Gasteiger partial charge >= 0.3 is 0 Å². The molecule has 1 unspecified atom stereocenters. The molecule has 0 spiro atoms. The molecule has 1 saturated heterocycles. The first-order valence-electron chi connectivity index (χ1n) is 7.33. The Morgan fingerprint density at radius 2 is 2.09 bits per heavy atom. The van der Waals surface area contributed by atoms with Crippen LogP contribution in [-0.4, -0.2) is 32.2 Å². The van der Waals surface area contributed by atoms with E-state index in [0.717, 1.165) is 42.9 Å². The van der Waals surface area contributed by atoms with Crippen LogP contribution in [0.25, 0.3) is 0 Å². The second-order valence-corrected chi connectivity index (χ2v) is 5.58. The molecule has 1 aliphatic rings. The quantitative estimate of drug-likeness (QED) is 0.870. The summed E-state index contributed by atoms with van der Waals surface area (Å²) in [5, 5.41) is 6.31. The van der Waals surface area contributed by atoms with E-state index in [-0.39, 0.29) is 18.3 Å². The van der Waals surface area contributed by atoms with Crippen LogP contribution >= 0.6 is 12.4 Å². The van der Waals surface area contributed by atoms with E-state index in [1.807, 2.05) is 25.1 Å². The molecule has 1 heterocycles. The third-order valence-electron chi connectivity index (χ3n) is 4.05. The Hall–Kier alpha value is -1.46. The number of methoxy groups -OCH3 is 2. The highest BCUT2D eigenvalue weighted by atomic mass is 35.5. The van der Waals surface area contributed by atoms with E-state index in [4.69, 9.17) is 9.47 Å². The van der Waals surface area contributed by atoms with Crippen LogP contribution in [0.1, 0.15) is 31.7 Å². The lowest BCUT2D eigenvalue weighted by atomic mass is 9.90. The molecule has 0 bridgehead atoms. The maximum atomic E-state index is 12.4. The highest BCUT2D eigenvalue weighted by Crippen LogP contribution is 2.25. The molecule has 1 aromatic rings. The van der Waals surface area contributed by atoms with Crippen molar-refractivity contribution in [3.63, 3.8) is 0 Å². The fraction of sp³-hybridized carbons (Fsp3) is 0.562. The summed E-state index contributed by atoms with van der Waals surface area (Å²) in [6.07, 6.45) is 3.09. The molecule has 0 aliphatic carbocycles. The summed E-state index contributed by atoms with van der Waals surface area (Å²) < 4.78 is 10.5. The van der Waals surface area contributed by atoms with Crippen molar-refractivity contribution < 1.29 is 14.3 Å². The minimum absolute atomic E-state index is 0. The predicted octanol–water partition coefficient (Wildman–Crippen LogP) is 2.27. The topological polar surface area (TPSA) is 59.6 Å². The zero-order chi connectivity index (χ0) is 15.3. The maximum Gasteiger partial charge on any atom is 0.240 e. The molecule has 0 saturated carbocycles. The third-order valence-corrected chi connectivity index (χ3v) is 4.05. The Bertz CT molecular complexity index is 502. The third kappa shape index (κ3) is 4.27. The molecule has 1 aromatic carbocycles. The first-order valence-corrected chi connectivity index (χ1v) is 7.33. The molecule has 2 rings (SSSR count). The summed E-state index contributed by atoms with van der Waals surface area (Å²) in [5.41, 5.74) is 0.476. The van der Waals surface area contributed by atoms with Crippen molar-refractivity contribution >= 4 is 18.3 Å². The molecule has 5 nitrogen and oxygen atoms in total. The Kier molecular flexibility index (Phi) is 6.97. The Morgan fingerprint density at radius 3 is 2.68 bits per heavy atom. The minimum Gasteiger partial charge on any atom is -0.497 e. The molecule has 2 N–H and O–H groups in total. The van der Waals surface area contributed by atoms with Gasteiger partial charge in [0.15, 0.2) is 0 Å². The lowest BCUT2D eigenvalue weighted by Gasteiger charge is -2.33. The number of piperidine rings is 1. The lowest BCUT2D eigenvalue weighted by molar-refractivity contribution is -0.128. The predicted molar refractivity (Wildman–Crippen MR) is 88.9 cm³/mol. The monoisotopic (exact) mass is 328 g/mol. The van der Waals surface area contributed by atoms with Crippen LogP contribution < -0.4 is 20.1 Å². The minimum atomic E-state index is -0.460. The highest BCUT2D eigenvalue weighted by molar-refractivity contribution is 5.86. The number of hydrogen-bond acceptors (Lipinski definition) is 4. The average molecular weight is 329 g/mol. The van der Waals surface area contributed by atoms with Crippen molar-refractivity contribution in [3.8, 4) is 11.5 Å². The number of halogens is 1. The average Bonchev–Trinajstić information content (AvgIpc) is 2.53. The van der Waals surface area contributed by atoms with Gasteiger partial charge < -0.3 is 20.1 Å². The van der Waals surface area contributed by atoms with Gasteiger partial charge in [-0.25, -0.2) is 0 Å². The number of nitrogens with one attached hydrogen (secondary N) is 2. The zero-order valence-electron chi connectivity index (χ0n) is 13.4. The van der Waals surface area contributed by atoms with Crippen molar-refractivity contribution in [2.75, 3.05) is 20.8 Å². The molecule has 6 heteroatoms. The van der Waals surface area contributed by atoms with Gasteiger partial charge in [0, 0.05) is 18.2 Å². The van der Waals surface area contributed by atoms with Crippen LogP contribution in [-0.2, 0) is 11.3 Å². The molecule has 1 aliphatic heterocycles. The van der Waals surface area contributed by atoms with E-state index in [0.29, 0.717) is 6.54 Å². The molecule has 1 fully saturated rings. The van der Waals surface area contributed by atoms with Crippen molar-refractivity contribution in [2.45, 2.75) is 38.3 Å². The summed E-state index contributed by atoms with van der Waals surface area (Å²) in [5.74, 6) is 1.50. The second-order valence-electron chi connectivity index (χ2n) is 5.58. The van der Waals surface area contributed by atoms with Gasteiger partial charge in [0.2, 0.25) is 5.91 Å². The fourth-order valence-corrected chi connectivity index (χ4v) is 2.62. The van der Waals surface area contributed by atoms with Gasteiger partial charge in [-0.2, -0.15) is 0 Å². The fourth-order valence-electron chi connectivity index (χ4n) is 2.62. The van der Waals surface area contributed by atoms with Crippen molar-refractivity contribution in [1.82, 2.24) is 10.6 Å². The first kappa shape index (κ1) is 18.6. The standard InChI is InChI=1S/C16H24N2O3.ClH/c1-16(8-4-5-9-18-16)15(19)17-11-12-6-7-13(20-2)10-14(12)21-3;/h6-7,10,18H,4-5,8-9,11H2,1-3H3,(H,17,19);1H. The largest absolute Gasteiger partial charge is 0.497 e. The van der Waals surface area contributed by atoms with E-state index in [9.17, 15) is 4.79 Å². The van der Waals surface area contributed by atoms with E-state index in [2.05, 4.69) is 10.6 Å². The van der Waals surface area contributed by atoms with E-state index in [1.54, 1.807) is 14.2 Å². The number of carbonyl (C=O) groups is 1. The van der Waals surface area contributed by atoms with Crippen LogP contribution in [0.2, 0.25) is 0 Å². The lowest BCUT2D eigenvalue weighted by Crippen LogP contribution is -2.56. The second kappa shape index (κ2) is 8.25. The number of amides is 1. The number of hydrogen-bond donors (Lipinski definition) is 2. The number of carbonyl (C=O) groups excluding carboxylic acids is 1. The molecule has 22 heavy (non-hydrogen) atoms. The Balaban J connectivity index is 0.00000242. The van der Waals surface area contributed by atoms with E-state index < -0.39 is 5.54 Å². The SMILES string of the molecule is COc1ccc(CNC(=O)C2(C)CCCCN2)c(OC)c1.Cl. The maximum absolute atomic E-state index is 12.4. The molecule has 1 amide bonds. The van der Waals surface area contributed by atoms with Gasteiger partial charge in [-0.1, -0.05) is 0 Å². The van der Waals surface area contributed by atoms with Crippen LogP contribution in [0.4, 0.5) is 0 Å². The Morgan fingerprint density at radius 1 is 1.32 bits per heavy atom. The molecule has 0 aromatic heterocycles. The summed E-state index contributed by atoms with van der Waals surface area (Å²) in [6.45, 7) is 3.31. The van der Waals surface area contributed by atoms with E-state index >= 15 is 0 Å². The van der Waals surface area contributed by atoms with Crippen LogP contribution in [0.5, 0.6) is 11.5 Å². The van der Waals surface area contributed by atoms with Crippen LogP contribution in [0.3, 0.4) is 0 Å². The molecular weight excluding hydrogens is 304 g/mol. The van der Waals surface area contributed by atoms with Crippen molar-refractivity contribution in [3.05, 3.63) is 23.8 Å². The van der Waals surface area contributed by atoms with Gasteiger partial charge in [0.1, 0.15) is 11.5 Å². The summed E-state index contributed by atoms with van der Waals surface area (Å²) in [7, 11) is 3.23. The normalized spacial score (nSPS) is 20.7. The molecular formula is C16H25ClN2O3. The van der Waals surface area contributed by atoms with Gasteiger partial charge in [-0.05, 0) is 44.9 Å². The zero-order valence-corrected chi connectivity index (χ0v) is 14.2. The molecule has 124 valence electrons. The molecule has 1 atom stereocenters.